The number of hydrogen-bond acceptors (Lipinski definition) is 4. The number of nitrogens with zero attached hydrogens (tertiary/aromatic N) is 2. The fourth-order valence-electron chi connectivity index (χ4n) is 2.20. The Labute approximate surface area is 141 Å². The maximum absolute atomic E-state index is 12.9. The minimum atomic E-state index is -3.30. The van der Waals surface area contributed by atoms with Gasteiger partial charge in [-0.15, -0.1) is 0 Å². The number of aryl methyl sites for hydroxylation is 1. The summed E-state index contributed by atoms with van der Waals surface area (Å²) in [6.45, 7) is 0. The van der Waals surface area contributed by atoms with E-state index in [-0.39, 0.29) is 10.5 Å². The molecule has 24 heavy (non-hydrogen) atoms. The van der Waals surface area contributed by atoms with Crippen LogP contribution in [-0.4, -0.2) is 25.1 Å². The van der Waals surface area contributed by atoms with Gasteiger partial charge in [-0.2, -0.15) is 4.99 Å². The standard InChI is InChI=1S/C16H13FN2O3S2/c1-19-13-8-7-12(24(2,21)22)9-14(13)23-16(19)18-15(20)10-3-5-11(17)6-4-10/h3-9H,1-2H3. The number of rotatable bonds is 2. The highest BCUT2D eigenvalue weighted by molar-refractivity contribution is 7.90. The number of halogens is 1. The van der Waals surface area contributed by atoms with Gasteiger partial charge in [-0.3, -0.25) is 4.79 Å². The Morgan fingerprint density at radius 3 is 2.46 bits per heavy atom. The maximum atomic E-state index is 12.9. The molecule has 0 aliphatic heterocycles. The fraction of sp³-hybridized carbons (Fsp3) is 0.125. The average molecular weight is 364 g/mol. The summed E-state index contributed by atoms with van der Waals surface area (Å²) >= 11 is 1.22. The van der Waals surface area contributed by atoms with E-state index in [2.05, 4.69) is 4.99 Å². The number of fused-ring (bicyclic) bond motifs is 1. The molecule has 0 N–H and O–H groups in total. The molecule has 124 valence electrons. The summed E-state index contributed by atoms with van der Waals surface area (Å²) in [6.07, 6.45) is 1.14. The molecule has 0 bridgehead atoms. The van der Waals surface area contributed by atoms with Crippen LogP contribution in [-0.2, 0) is 16.9 Å². The minimum Gasteiger partial charge on any atom is -0.319 e. The van der Waals surface area contributed by atoms with E-state index in [1.165, 1.54) is 41.7 Å². The van der Waals surface area contributed by atoms with Gasteiger partial charge in [-0.05, 0) is 42.5 Å². The summed E-state index contributed by atoms with van der Waals surface area (Å²) < 4.78 is 38.6. The molecule has 0 unspecified atom stereocenters. The summed E-state index contributed by atoms with van der Waals surface area (Å²) in [6, 6.07) is 9.92. The Morgan fingerprint density at radius 2 is 1.83 bits per heavy atom. The Bertz CT molecular complexity index is 1110. The molecule has 0 saturated heterocycles. The molecule has 3 rings (SSSR count). The van der Waals surface area contributed by atoms with Crippen LogP contribution in [0.25, 0.3) is 10.2 Å². The predicted octanol–water partition coefficient (Wildman–Crippen LogP) is 2.52. The van der Waals surface area contributed by atoms with E-state index in [0.717, 1.165) is 11.8 Å². The molecule has 0 spiro atoms. The van der Waals surface area contributed by atoms with Gasteiger partial charge in [0, 0.05) is 18.9 Å². The zero-order valence-electron chi connectivity index (χ0n) is 12.9. The number of sulfone groups is 1. The monoisotopic (exact) mass is 364 g/mol. The number of hydrogen-bond donors (Lipinski definition) is 0. The van der Waals surface area contributed by atoms with Crippen molar-refractivity contribution in [2.45, 2.75) is 4.90 Å². The fourth-order valence-corrected chi connectivity index (χ4v) is 3.97. The van der Waals surface area contributed by atoms with Crippen molar-refractivity contribution < 1.29 is 17.6 Å². The average Bonchev–Trinajstić information content (AvgIpc) is 2.83. The van der Waals surface area contributed by atoms with Crippen LogP contribution >= 0.6 is 11.3 Å². The van der Waals surface area contributed by atoms with Gasteiger partial charge in [-0.1, -0.05) is 11.3 Å². The van der Waals surface area contributed by atoms with E-state index < -0.39 is 21.6 Å². The summed E-state index contributed by atoms with van der Waals surface area (Å²) in [5, 5.41) is 0. The molecular formula is C16H13FN2O3S2. The molecule has 0 atom stereocenters. The van der Waals surface area contributed by atoms with Crippen molar-refractivity contribution in [1.82, 2.24) is 4.57 Å². The molecule has 1 aromatic heterocycles. The zero-order valence-corrected chi connectivity index (χ0v) is 14.5. The van der Waals surface area contributed by atoms with Gasteiger partial charge in [0.1, 0.15) is 5.82 Å². The smallest absolute Gasteiger partial charge is 0.279 e. The normalized spacial score (nSPS) is 12.7. The minimum absolute atomic E-state index is 0.216. The van der Waals surface area contributed by atoms with Crippen molar-refractivity contribution in [3.63, 3.8) is 0 Å². The number of amides is 1. The highest BCUT2D eigenvalue weighted by Crippen LogP contribution is 2.21. The lowest BCUT2D eigenvalue weighted by Gasteiger charge is -1.99. The van der Waals surface area contributed by atoms with Crippen LogP contribution in [0.1, 0.15) is 10.4 Å². The maximum Gasteiger partial charge on any atom is 0.279 e. The van der Waals surface area contributed by atoms with E-state index in [0.29, 0.717) is 9.50 Å². The van der Waals surface area contributed by atoms with E-state index in [1.807, 2.05) is 0 Å². The molecule has 3 aromatic rings. The lowest BCUT2D eigenvalue weighted by Crippen LogP contribution is -2.13. The van der Waals surface area contributed by atoms with Crippen molar-refractivity contribution in [3.05, 3.63) is 58.6 Å². The Kier molecular flexibility index (Phi) is 4.10. The van der Waals surface area contributed by atoms with E-state index in [1.54, 1.807) is 23.7 Å². The summed E-state index contributed by atoms with van der Waals surface area (Å²) in [4.78, 5) is 16.9. The Morgan fingerprint density at radius 1 is 1.17 bits per heavy atom. The number of aromatic nitrogens is 1. The van der Waals surface area contributed by atoms with Crippen LogP contribution in [0.2, 0.25) is 0 Å². The highest BCUT2D eigenvalue weighted by Gasteiger charge is 2.11. The van der Waals surface area contributed by atoms with Gasteiger partial charge in [0.15, 0.2) is 14.6 Å². The molecule has 1 amide bonds. The Hall–Kier alpha value is -2.32. The van der Waals surface area contributed by atoms with Gasteiger partial charge in [0.25, 0.3) is 5.91 Å². The molecule has 0 saturated carbocycles. The third-order valence-corrected chi connectivity index (χ3v) is 5.70. The molecule has 2 aromatic carbocycles. The predicted molar refractivity (Wildman–Crippen MR) is 90.2 cm³/mol. The molecule has 0 aliphatic carbocycles. The topological polar surface area (TPSA) is 68.5 Å². The van der Waals surface area contributed by atoms with Crippen molar-refractivity contribution in [1.29, 1.82) is 0 Å². The molecule has 0 radical (unpaired) electrons. The lowest BCUT2D eigenvalue weighted by molar-refractivity contribution is 0.0998. The van der Waals surface area contributed by atoms with Crippen molar-refractivity contribution in [2.75, 3.05) is 6.26 Å². The van der Waals surface area contributed by atoms with Gasteiger partial charge in [0.2, 0.25) is 0 Å². The first kappa shape index (κ1) is 16.5. The molecule has 0 fully saturated rings. The molecule has 1 heterocycles. The first-order valence-electron chi connectivity index (χ1n) is 6.90. The van der Waals surface area contributed by atoms with Gasteiger partial charge in [0.05, 0.1) is 15.1 Å². The zero-order chi connectivity index (χ0) is 17.5. The third-order valence-electron chi connectivity index (χ3n) is 3.50. The Balaban J connectivity index is 2.11. The second-order valence-corrected chi connectivity index (χ2v) is 8.29. The van der Waals surface area contributed by atoms with Gasteiger partial charge >= 0.3 is 0 Å². The molecule has 8 heteroatoms. The number of carbonyl (C=O) groups is 1. The first-order chi connectivity index (χ1) is 11.3. The second-order valence-electron chi connectivity index (χ2n) is 5.27. The molecule has 5 nitrogen and oxygen atoms in total. The van der Waals surface area contributed by atoms with Crippen LogP contribution < -0.4 is 4.80 Å². The number of benzene rings is 2. The van der Waals surface area contributed by atoms with Gasteiger partial charge in [-0.25, -0.2) is 12.8 Å². The van der Waals surface area contributed by atoms with E-state index >= 15 is 0 Å². The summed E-state index contributed by atoms with van der Waals surface area (Å²) in [7, 11) is -1.56. The van der Waals surface area contributed by atoms with Crippen molar-refractivity contribution in [2.24, 2.45) is 12.0 Å². The summed E-state index contributed by atoms with van der Waals surface area (Å²) in [5.74, 6) is -0.909. The largest absolute Gasteiger partial charge is 0.319 e. The number of thiazole rings is 1. The summed E-state index contributed by atoms with van der Waals surface area (Å²) in [5.41, 5.74) is 1.06. The quantitative estimate of drug-likeness (QED) is 0.702. The van der Waals surface area contributed by atoms with Crippen LogP contribution in [0.4, 0.5) is 4.39 Å². The van der Waals surface area contributed by atoms with Crippen LogP contribution in [0, 0.1) is 5.82 Å². The third kappa shape index (κ3) is 3.15. The highest BCUT2D eigenvalue weighted by atomic mass is 32.2. The molecular weight excluding hydrogens is 351 g/mol. The van der Waals surface area contributed by atoms with Crippen LogP contribution in [0.15, 0.2) is 52.4 Å². The lowest BCUT2D eigenvalue weighted by atomic mass is 10.2. The van der Waals surface area contributed by atoms with Crippen LogP contribution in [0.3, 0.4) is 0 Å². The van der Waals surface area contributed by atoms with Crippen molar-refractivity contribution >= 4 is 37.3 Å². The van der Waals surface area contributed by atoms with E-state index in [4.69, 9.17) is 0 Å². The van der Waals surface area contributed by atoms with Crippen LogP contribution in [0.5, 0.6) is 0 Å². The molecule has 0 aliphatic rings. The second kappa shape index (κ2) is 5.95. The first-order valence-corrected chi connectivity index (χ1v) is 9.61. The number of carbonyl (C=O) groups excluding carboxylic acids is 1. The van der Waals surface area contributed by atoms with Crippen molar-refractivity contribution in [3.8, 4) is 0 Å². The van der Waals surface area contributed by atoms with Gasteiger partial charge < -0.3 is 4.57 Å². The van der Waals surface area contributed by atoms with E-state index in [9.17, 15) is 17.6 Å². The SMILES string of the molecule is Cn1c(=NC(=O)c2ccc(F)cc2)sc2cc(S(C)(=O)=O)ccc21.